The summed E-state index contributed by atoms with van der Waals surface area (Å²) >= 11 is 0. The highest BCUT2D eigenvalue weighted by atomic mass is 16.4. The van der Waals surface area contributed by atoms with Crippen LogP contribution in [0, 0.1) is 0 Å². The maximum absolute atomic E-state index is 10.8. The summed E-state index contributed by atoms with van der Waals surface area (Å²) in [5, 5.41) is 11.7. The molecule has 0 amide bonds. The molecule has 0 aliphatic carbocycles. The van der Waals surface area contributed by atoms with E-state index in [9.17, 15) is 4.79 Å². The van der Waals surface area contributed by atoms with E-state index < -0.39 is 12.0 Å². The van der Waals surface area contributed by atoms with E-state index in [2.05, 4.69) is 22.2 Å². The van der Waals surface area contributed by atoms with Gasteiger partial charge < -0.3 is 15.3 Å². The number of hydrogen-bond acceptors (Lipinski definition) is 5. The number of carboxylic acids is 1. The first-order chi connectivity index (χ1) is 9.04. The largest absolute Gasteiger partial charge is 0.480 e. The van der Waals surface area contributed by atoms with Gasteiger partial charge in [0.15, 0.2) is 0 Å². The van der Waals surface area contributed by atoms with Gasteiger partial charge in [0, 0.05) is 19.7 Å². The van der Waals surface area contributed by atoms with Crippen LogP contribution in [0.25, 0.3) is 0 Å². The van der Waals surface area contributed by atoms with Gasteiger partial charge in [-0.3, -0.25) is 4.79 Å². The van der Waals surface area contributed by atoms with E-state index in [-0.39, 0.29) is 0 Å². The van der Waals surface area contributed by atoms with Crippen LogP contribution < -0.4 is 10.2 Å². The molecular formula is C13H22N4O2. The predicted molar refractivity (Wildman–Crippen MR) is 75.5 cm³/mol. The fraction of sp³-hybridized carbons (Fsp3) is 0.615. The number of rotatable bonds is 8. The van der Waals surface area contributed by atoms with Gasteiger partial charge >= 0.3 is 5.97 Å². The summed E-state index contributed by atoms with van der Waals surface area (Å²) in [5.74, 6) is 0.421. The molecule has 6 nitrogen and oxygen atoms in total. The maximum atomic E-state index is 10.8. The molecule has 0 saturated carbocycles. The van der Waals surface area contributed by atoms with Gasteiger partial charge in [0.05, 0.1) is 0 Å². The number of unbranched alkanes of at least 4 members (excludes halogenated alkanes) is 2. The number of hydrogen-bond donors (Lipinski definition) is 2. The molecule has 1 atom stereocenters. The number of aliphatic carboxylic acids is 1. The van der Waals surface area contributed by atoms with Gasteiger partial charge in [0.1, 0.15) is 24.0 Å². The average molecular weight is 266 g/mol. The van der Waals surface area contributed by atoms with Crippen LogP contribution in [0.5, 0.6) is 0 Å². The van der Waals surface area contributed by atoms with Crippen LogP contribution in [0.15, 0.2) is 12.4 Å². The van der Waals surface area contributed by atoms with Gasteiger partial charge in [0.2, 0.25) is 0 Å². The van der Waals surface area contributed by atoms with Gasteiger partial charge in [0.25, 0.3) is 0 Å². The minimum Gasteiger partial charge on any atom is -0.480 e. The van der Waals surface area contributed by atoms with Crippen LogP contribution in [-0.2, 0) is 4.79 Å². The monoisotopic (exact) mass is 266 g/mol. The molecule has 106 valence electrons. The Kier molecular flexibility index (Phi) is 6.05. The molecule has 19 heavy (non-hydrogen) atoms. The molecule has 1 unspecified atom stereocenters. The highest BCUT2D eigenvalue weighted by molar-refractivity contribution is 5.76. The molecule has 0 aromatic carbocycles. The molecule has 0 spiro atoms. The zero-order valence-electron chi connectivity index (χ0n) is 11.8. The smallest absolute Gasteiger partial charge is 0.325 e. The second kappa shape index (κ2) is 7.56. The molecule has 0 fully saturated rings. The molecule has 0 bridgehead atoms. The minimum absolute atomic E-state index is 0.530. The number of nitrogens with zero attached hydrogens (tertiary/aromatic N) is 3. The lowest BCUT2D eigenvalue weighted by molar-refractivity contribution is -0.137. The molecule has 1 rings (SSSR count). The van der Waals surface area contributed by atoms with Crippen LogP contribution in [-0.4, -0.2) is 40.7 Å². The molecule has 0 aliphatic rings. The second-order valence-corrected chi connectivity index (χ2v) is 4.59. The van der Waals surface area contributed by atoms with Crippen LogP contribution in [0.3, 0.4) is 0 Å². The molecule has 1 heterocycles. The molecule has 1 aromatic rings. The highest BCUT2D eigenvalue weighted by Gasteiger charge is 2.12. The average Bonchev–Trinajstić information content (AvgIpc) is 2.39. The summed E-state index contributed by atoms with van der Waals surface area (Å²) in [6.45, 7) is 4.67. The Bertz CT molecular complexity index is 411. The van der Waals surface area contributed by atoms with Crippen molar-refractivity contribution in [2.45, 2.75) is 39.2 Å². The Hall–Kier alpha value is -1.85. The van der Waals surface area contributed by atoms with Crippen LogP contribution in [0.2, 0.25) is 0 Å². The zero-order chi connectivity index (χ0) is 14.3. The van der Waals surface area contributed by atoms with Gasteiger partial charge in [-0.05, 0) is 13.3 Å². The van der Waals surface area contributed by atoms with Crippen molar-refractivity contribution in [2.75, 3.05) is 23.8 Å². The van der Waals surface area contributed by atoms with Crippen molar-refractivity contribution >= 4 is 17.6 Å². The van der Waals surface area contributed by atoms with E-state index in [4.69, 9.17) is 5.11 Å². The third-order valence-electron chi connectivity index (χ3n) is 2.88. The van der Waals surface area contributed by atoms with Crippen LogP contribution in [0.4, 0.5) is 11.6 Å². The summed E-state index contributed by atoms with van der Waals surface area (Å²) in [5.41, 5.74) is 0. The third-order valence-corrected chi connectivity index (χ3v) is 2.88. The number of nitrogens with one attached hydrogen (secondary N) is 1. The van der Waals surface area contributed by atoms with Gasteiger partial charge in [-0.1, -0.05) is 19.8 Å². The predicted octanol–water partition coefficient (Wildman–Crippen LogP) is 1.99. The van der Waals surface area contributed by atoms with E-state index in [1.165, 1.54) is 19.2 Å². The van der Waals surface area contributed by atoms with Crippen molar-refractivity contribution in [1.82, 2.24) is 9.97 Å². The van der Waals surface area contributed by atoms with E-state index in [0.29, 0.717) is 5.82 Å². The normalized spacial score (nSPS) is 11.9. The van der Waals surface area contributed by atoms with Crippen molar-refractivity contribution < 1.29 is 9.90 Å². The fourth-order valence-electron chi connectivity index (χ4n) is 1.63. The highest BCUT2D eigenvalue weighted by Crippen LogP contribution is 2.14. The summed E-state index contributed by atoms with van der Waals surface area (Å²) in [7, 11) is 1.97. The zero-order valence-corrected chi connectivity index (χ0v) is 11.8. The number of carbonyl (C=O) groups is 1. The molecular weight excluding hydrogens is 244 g/mol. The van der Waals surface area contributed by atoms with Crippen molar-refractivity contribution in [1.29, 1.82) is 0 Å². The summed E-state index contributed by atoms with van der Waals surface area (Å²) in [4.78, 5) is 21.1. The Morgan fingerprint density at radius 1 is 1.47 bits per heavy atom. The molecule has 6 heteroatoms. The molecule has 2 N–H and O–H groups in total. The SMILES string of the molecule is CCCCCN(C)c1cc(NC(C)C(=O)O)ncn1. The van der Waals surface area contributed by atoms with Crippen LogP contribution in [0.1, 0.15) is 33.1 Å². The van der Waals surface area contributed by atoms with E-state index in [0.717, 1.165) is 18.8 Å². The van der Waals surface area contributed by atoms with Crippen LogP contribution >= 0.6 is 0 Å². The third kappa shape index (κ3) is 5.11. The quantitative estimate of drug-likeness (QED) is 0.701. The Morgan fingerprint density at radius 2 is 2.21 bits per heavy atom. The minimum atomic E-state index is -0.906. The van der Waals surface area contributed by atoms with Crippen molar-refractivity contribution in [2.24, 2.45) is 0 Å². The van der Waals surface area contributed by atoms with Crippen molar-refractivity contribution in [3.05, 3.63) is 12.4 Å². The first-order valence-electron chi connectivity index (χ1n) is 6.57. The number of aromatic nitrogens is 2. The van der Waals surface area contributed by atoms with Gasteiger partial charge in [-0.15, -0.1) is 0 Å². The topological polar surface area (TPSA) is 78.4 Å². The Labute approximate surface area is 113 Å². The Morgan fingerprint density at radius 3 is 2.84 bits per heavy atom. The lowest BCUT2D eigenvalue weighted by Gasteiger charge is -2.18. The van der Waals surface area contributed by atoms with Crippen molar-refractivity contribution in [3.63, 3.8) is 0 Å². The van der Waals surface area contributed by atoms with Crippen molar-refractivity contribution in [3.8, 4) is 0 Å². The number of carboxylic acid groups (broad SMARTS) is 1. The summed E-state index contributed by atoms with van der Waals surface area (Å²) in [6.07, 6.45) is 4.94. The standard InChI is InChI=1S/C13H22N4O2/c1-4-5-6-7-17(3)12-8-11(14-9-15-12)16-10(2)13(18)19/h8-10H,4-7H2,1-3H3,(H,18,19)(H,14,15,16). The second-order valence-electron chi connectivity index (χ2n) is 4.59. The Balaban J connectivity index is 2.63. The van der Waals surface area contributed by atoms with E-state index >= 15 is 0 Å². The van der Waals surface area contributed by atoms with E-state index in [1.54, 1.807) is 13.0 Å². The first-order valence-corrected chi connectivity index (χ1v) is 6.57. The molecule has 1 aromatic heterocycles. The van der Waals surface area contributed by atoms with Gasteiger partial charge in [-0.25, -0.2) is 9.97 Å². The summed E-state index contributed by atoms with van der Waals surface area (Å²) < 4.78 is 0. The molecule has 0 saturated heterocycles. The maximum Gasteiger partial charge on any atom is 0.325 e. The lowest BCUT2D eigenvalue weighted by atomic mass is 10.2. The van der Waals surface area contributed by atoms with E-state index in [1.807, 2.05) is 11.9 Å². The number of anilines is 2. The lowest BCUT2D eigenvalue weighted by Crippen LogP contribution is -2.26. The fourth-order valence-corrected chi connectivity index (χ4v) is 1.63. The van der Waals surface area contributed by atoms with Gasteiger partial charge in [-0.2, -0.15) is 0 Å². The first kappa shape index (κ1) is 15.2. The molecule has 0 aliphatic heterocycles. The summed E-state index contributed by atoms with van der Waals surface area (Å²) in [6, 6.07) is 1.10. The molecule has 0 radical (unpaired) electrons.